The second kappa shape index (κ2) is 9.38. The number of carbonyl (C=O) groups is 1. The predicted molar refractivity (Wildman–Crippen MR) is 74.9 cm³/mol. The highest BCUT2D eigenvalue weighted by Gasteiger charge is 1.96. The van der Waals surface area contributed by atoms with Gasteiger partial charge in [-0.25, -0.2) is 4.79 Å². The summed E-state index contributed by atoms with van der Waals surface area (Å²) in [6.07, 6.45) is 3.23. The third-order valence-corrected chi connectivity index (χ3v) is 2.49. The maximum atomic E-state index is 11.3. The highest BCUT2D eigenvalue weighted by atomic mass is 35.5. The molecule has 2 amide bonds. The molecule has 1 aromatic carbocycles. The number of aliphatic hydroxyl groups excluding tert-OH is 1. The first-order valence-electron chi connectivity index (χ1n) is 5.88. The topological polar surface area (TPSA) is 70.6 Å². The first kappa shape index (κ1) is 15.5. The number of rotatable bonds is 7. The zero-order valence-electron chi connectivity index (χ0n) is 10.4. The van der Waals surface area contributed by atoms with E-state index >= 15 is 0 Å². The molecule has 0 aliphatic carbocycles. The Balaban J connectivity index is 2.21. The second-order valence-corrected chi connectivity index (χ2v) is 4.00. The minimum atomic E-state index is -0.323. The van der Waals surface area contributed by atoms with Gasteiger partial charge in [-0.1, -0.05) is 29.8 Å². The number of hydrogen-bond donors (Lipinski definition) is 3. The van der Waals surface area contributed by atoms with Crippen LogP contribution in [0.2, 0.25) is 5.02 Å². The van der Waals surface area contributed by atoms with E-state index in [4.69, 9.17) is 21.4 Å². The highest BCUT2D eigenvalue weighted by Crippen LogP contribution is 2.15. The molecule has 0 unspecified atom stereocenters. The van der Waals surface area contributed by atoms with Gasteiger partial charge in [0.05, 0.1) is 19.8 Å². The second-order valence-electron chi connectivity index (χ2n) is 3.59. The van der Waals surface area contributed by atoms with Gasteiger partial charge in [0.25, 0.3) is 0 Å². The number of halogens is 1. The number of amides is 2. The van der Waals surface area contributed by atoms with Crippen molar-refractivity contribution in [2.24, 2.45) is 0 Å². The van der Waals surface area contributed by atoms with Crippen LogP contribution in [0.5, 0.6) is 0 Å². The van der Waals surface area contributed by atoms with Crippen LogP contribution in [-0.2, 0) is 4.74 Å². The number of aliphatic hydroxyl groups is 1. The number of benzene rings is 1. The molecule has 5 nitrogen and oxygen atoms in total. The molecule has 0 saturated carbocycles. The van der Waals surface area contributed by atoms with E-state index in [1.165, 1.54) is 6.20 Å². The number of carbonyl (C=O) groups excluding carboxylic acids is 1. The normalized spacial score (nSPS) is 10.6. The standard InChI is InChI=1S/C13H17ClN2O3/c14-12-4-2-1-3-11(12)5-6-15-13(18)16-7-9-19-10-8-17/h1-6,17H,7-10H2,(H2,15,16,18)/b6-5+. The summed E-state index contributed by atoms with van der Waals surface area (Å²) < 4.78 is 4.99. The van der Waals surface area contributed by atoms with Gasteiger partial charge in [-0.15, -0.1) is 0 Å². The van der Waals surface area contributed by atoms with Crippen molar-refractivity contribution in [3.63, 3.8) is 0 Å². The van der Waals surface area contributed by atoms with Gasteiger partial charge < -0.3 is 20.5 Å². The Morgan fingerprint density at radius 1 is 1.37 bits per heavy atom. The van der Waals surface area contributed by atoms with Gasteiger partial charge in [-0.3, -0.25) is 0 Å². The van der Waals surface area contributed by atoms with E-state index < -0.39 is 0 Å². The zero-order chi connectivity index (χ0) is 13.9. The van der Waals surface area contributed by atoms with E-state index in [1.54, 1.807) is 12.1 Å². The average molecular weight is 285 g/mol. The molecule has 104 valence electrons. The Morgan fingerprint density at radius 3 is 2.89 bits per heavy atom. The summed E-state index contributed by atoms with van der Waals surface area (Å²) in [6, 6.07) is 7.01. The summed E-state index contributed by atoms with van der Waals surface area (Å²) in [4.78, 5) is 11.3. The number of urea groups is 1. The van der Waals surface area contributed by atoms with Crippen LogP contribution in [0.4, 0.5) is 4.79 Å². The van der Waals surface area contributed by atoms with Crippen molar-refractivity contribution < 1.29 is 14.6 Å². The summed E-state index contributed by atoms with van der Waals surface area (Å²) in [5.74, 6) is 0. The molecular weight excluding hydrogens is 268 g/mol. The van der Waals surface area contributed by atoms with Crippen LogP contribution in [0, 0.1) is 0 Å². The Kier molecular flexibility index (Phi) is 7.65. The lowest BCUT2D eigenvalue weighted by molar-refractivity contribution is 0.0948. The Labute approximate surface area is 117 Å². The fraction of sp³-hybridized carbons (Fsp3) is 0.308. The van der Waals surface area contributed by atoms with Crippen molar-refractivity contribution >= 4 is 23.7 Å². The summed E-state index contributed by atoms with van der Waals surface area (Å²) in [5.41, 5.74) is 0.829. The third kappa shape index (κ3) is 6.81. The van der Waals surface area contributed by atoms with Crippen LogP contribution < -0.4 is 10.6 Å². The van der Waals surface area contributed by atoms with Crippen molar-refractivity contribution in [3.8, 4) is 0 Å². The minimum Gasteiger partial charge on any atom is -0.394 e. The third-order valence-electron chi connectivity index (χ3n) is 2.15. The van der Waals surface area contributed by atoms with Crippen molar-refractivity contribution in [3.05, 3.63) is 41.1 Å². The average Bonchev–Trinajstić information content (AvgIpc) is 2.41. The quantitative estimate of drug-likeness (QED) is 0.666. The summed E-state index contributed by atoms with van der Waals surface area (Å²) in [5, 5.41) is 14.3. The predicted octanol–water partition coefficient (Wildman–Crippen LogP) is 1.62. The van der Waals surface area contributed by atoms with Gasteiger partial charge in [-0.2, -0.15) is 0 Å². The molecule has 0 heterocycles. The number of nitrogens with one attached hydrogen (secondary N) is 2. The lowest BCUT2D eigenvalue weighted by atomic mass is 10.2. The molecule has 0 bridgehead atoms. The fourth-order valence-corrected chi connectivity index (χ4v) is 1.47. The van der Waals surface area contributed by atoms with E-state index in [0.717, 1.165) is 5.56 Å². The van der Waals surface area contributed by atoms with E-state index in [1.807, 2.05) is 18.2 Å². The summed E-state index contributed by atoms with van der Waals surface area (Å²) in [6.45, 7) is 0.996. The van der Waals surface area contributed by atoms with Crippen LogP contribution in [0.1, 0.15) is 5.56 Å². The van der Waals surface area contributed by atoms with Gasteiger partial charge in [0.2, 0.25) is 0 Å². The van der Waals surface area contributed by atoms with Crippen LogP contribution in [-0.4, -0.2) is 37.5 Å². The molecule has 0 aliphatic heterocycles. The molecule has 19 heavy (non-hydrogen) atoms. The summed E-state index contributed by atoms with van der Waals surface area (Å²) >= 11 is 5.96. The fourth-order valence-electron chi connectivity index (χ4n) is 1.27. The largest absolute Gasteiger partial charge is 0.394 e. The molecule has 1 rings (SSSR count). The van der Waals surface area contributed by atoms with Crippen LogP contribution in [0.25, 0.3) is 6.08 Å². The van der Waals surface area contributed by atoms with E-state index in [-0.39, 0.29) is 19.2 Å². The van der Waals surface area contributed by atoms with Crippen LogP contribution >= 0.6 is 11.6 Å². The molecule has 0 aliphatic rings. The molecule has 0 fully saturated rings. The molecule has 1 aromatic rings. The van der Waals surface area contributed by atoms with Crippen LogP contribution in [0.3, 0.4) is 0 Å². The Hall–Kier alpha value is -1.56. The van der Waals surface area contributed by atoms with Gasteiger partial charge in [0, 0.05) is 17.8 Å². The van der Waals surface area contributed by atoms with Gasteiger partial charge in [-0.05, 0) is 17.7 Å². The zero-order valence-corrected chi connectivity index (χ0v) is 11.2. The van der Waals surface area contributed by atoms with Crippen molar-refractivity contribution in [2.75, 3.05) is 26.4 Å². The molecule has 3 N–H and O–H groups in total. The van der Waals surface area contributed by atoms with E-state index in [9.17, 15) is 4.79 Å². The van der Waals surface area contributed by atoms with E-state index in [2.05, 4.69) is 10.6 Å². The Bertz CT molecular complexity index is 424. The SMILES string of the molecule is O=C(N/C=C/c1ccccc1Cl)NCCOCCO. The minimum absolute atomic E-state index is 0.0211. The van der Waals surface area contributed by atoms with Gasteiger partial charge >= 0.3 is 6.03 Å². The first-order chi connectivity index (χ1) is 9.24. The van der Waals surface area contributed by atoms with Crippen molar-refractivity contribution in [2.45, 2.75) is 0 Å². The van der Waals surface area contributed by atoms with E-state index in [0.29, 0.717) is 18.2 Å². The van der Waals surface area contributed by atoms with Crippen LogP contribution in [0.15, 0.2) is 30.5 Å². The number of hydrogen-bond acceptors (Lipinski definition) is 3. The first-order valence-corrected chi connectivity index (χ1v) is 6.26. The lowest BCUT2D eigenvalue weighted by Crippen LogP contribution is -2.34. The molecule has 0 atom stereocenters. The van der Waals surface area contributed by atoms with Gasteiger partial charge in [0.15, 0.2) is 0 Å². The molecule has 0 aromatic heterocycles. The van der Waals surface area contributed by atoms with Crippen molar-refractivity contribution in [1.82, 2.24) is 10.6 Å². The molecule has 0 radical (unpaired) electrons. The molecular formula is C13H17ClN2O3. The van der Waals surface area contributed by atoms with Crippen molar-refractivity contribution in [1.29, 1.82) is 0 Å². The Morgan fingerprint density at radius 2 is 2.16 bits per heavy atom. The maximum absolute atomic E-state index is 11.3. The smallest absolute Gasteiger partial charge is 0.318 e. The summed E-state index contributed by atoms with van der Waals surface area (Å²) in [7, 11) is 0. The number of ether oxygens (including phenoxy) is 1. The maximum Gasteiger partial charge on any atom is 0.318 e. The van der Waals surface area contributed by atoms with Gasteiger partial charge in [0.1, 0.15) is 0 Å². The highest BCUT2D eigenvalue weighted by molar-refractivity contribution is 6.32. The molecule has 0 spiro atoms. The molecule has 0 saturated heterocycles. The monoisotopic (exact) mass is 284 g/mol. The molecule has 6 heteroatoms. The lowest BCUT2D eigenvalue weighted by Gasteiger charge is -2.05.